The fraction of sp³-hybridized carbons (Fsp3) is 0.0145. The molecule has 0 fully saturated rings. The highest BCUT2D eigenvalue weighted by Gasteiger charge is 2.49. The zero-order chi connectivity index (χ0) is 94.0. The molecule has 23 aromatic carbocycles. The summed E-state index contributed by atoms with van der Waals surface area (Å²) in [6.07, 6.45) is 0. The molecule has 142 heavy (non-hydrogen) atoms. The maximum absolute atomic E-state index is 6.37. The van der Waals surface area contributed by atoms with Gasteiger partial charge in [0, 0.05) is 55.7 Å². The summed E-state index contributed by atoms with van der Waals surface area (Å²) < 4.78 is 12.7. The van der Waals surface area contributed by atoms with Gasteiger partial charge in [0.2, 0.25) is 0 Å². The van der Waals surface area contributed by atoms with E-state index in [2.05, 4.69) is 556 Å². The van der Waals surface area contributed by atoms with Crippen LogP contribution in [0.3, 0.4) is 0 Å². The molecule has 0 radical (unpaired) electrons. The maximum atomic E-state index is 6.37. The van der Waals surface area contributed by atoms with Crippen LogP contribution in [-0.2, 0) is 10.8 Å². The van der Waals surface area contributed by atoms with Gasteiger partial charge in [-0.25, -0.2) is 0 Å². The number of benzene rings is 23. The minimum Gasteiger partial charge on any atom is -0.456 e. The second-order valence-electron chi connectivity index (χ2n) is 37.1. The molecule has 25 aromatic rings. The molecule has 27 rings (SSSR count). The molecule has 4 nitrogen and oxygen atoms in total. The van der Waals surface area contributed by atoms with Crippen LogP contribution in [0.4, 0.5) is 34.1 Å². The van der Waals surface area contributed by atoms with Crippen LogP contribution in [0, 0.1) is 0 Å². The van der Waals surface area contributed by atoms with Gasteiger partial charge in [0.15, 0.2) is 0 Å². The summed E-state index contributed by atoms with van der Waals surface area (Å²) in [7, 11) is 0. The average molecular weight is 1810 g/mol. The molecule has 0 unspecified atom stereocenters. The van der Waals surface area contributed by atoms with Crippen molar-refractivity contribution in [1.29, 1.82) is 0 Å². The third-order valence-electron chi connectivity index (χ3n) is 29.3. The molecule has 4 heteroatoms. The topological polar surface area (TPSA) is 32.8 Å². The summed E-state index contributed by atoms with van der Waals surface area (Å²) in [6, 6.07) is 203. The predicted octanol–water partition coefficient (Wildman–Crippen LogP) is 37.3. The highest BCUT2D eigenvalue weighted by Crippen LogP contribution is 2.61. The van der Waals surface area contributed by atoms with Gasteiger partial charge in [-0.1, -0.05) is 455 Å². The molecule has 2 aromatic heterocycles. The Morgan fingerprint density at radius 3 is 0.838 bits per heavy atom. The second-order valence-corrected chi connectivity index (χ2v) is 37.1. The SMILES string of the molecule is c1ccc(-c2ccc(-c3ccc(N(c4cccc(-c5cccc6c5-c5ccccc5C6(c5ccccc5)c5ccccc5)c4)c4cccc(-c5cccc6oc7ccccc7c56)c4)cc3)cc2)cc1.c1ccc(C2(c3ccccc3)c3ccccc3-c3c(-c4ccc(N(c5ccc(-c6ccc(-c7ccc8ccccc8c7)cc6)cc5)c5cccc(-c6cccc7oc8ccccc8c67)c5)cc4)cccc32)cc1. The van der Waals surface area contributed by atoms with E-state index in [0.29, 0.717) is 0 Å². The normalized spacial score (nSPS) is 12.5. The van der Waals surface area contributed by atoms with Crippen LogP contribution in [0.15, 0.2) is 567 Å². The summed E-state index contributed by atoms with van der Waals surface area (Å²) in [6.45, 7) is 0. The predicted molar refractivity (Wildman–Crippen MR) is 592 cm³/mol. The van der Waals surface area contributed by atoms with Gasteiger partial charge < -0.3 is 18.6 Å². The van der Waals surface area contributed by atoms with Crippen molar-refractivity contribution in [2.75, 3.05) is 9.80 Å². The molecule has 2 aliphatic carbocycles. The van der Waals surface area contributed by atoms with E-state index in [-0.39, 0.29) is 0 Å². The van der Waals surface area contributed by atoms with Crippen LogP contribution in [-0.4, -0.2) is 0 Å². The first-order valence-corrected chi connectivity index (χ1v) is 48.9. The molecule has 0 N–H and O–H groups in total. The third kappa shape index (κ3) is 14.4. The van der Waals surface area contributed by atoms with Crippen LogP contribution in [0.1, 0.15) is 44.5 Å². The van der Waals surface area contributed by atoms with Gasteiger partial charge in [0.25, 0.3) is 0 Å². The minimum atomic E-state index is -0.485. The van der Waals surface area contributed by atoms with E-state index in [0.717, 1.165) is 117 Å². The number of hydrogen-bond donors (Lipinski definition) is 0. The van der Waals surface area contributed by atoms with Crippen molar-refractivity contribution in [3.63, 3.8) is 0 Å². The lowest BCUT2D eigenvalue weighted by Gasteiger charge is -2.34. The standard InChI is InChI=1S/C71H47NO.C67H45NO/c1-3-19-56(20-4-1)71(57-21-5-2-6-22-57)65-28-11-9-24-63(65)69-61(26-14-29-66(69)71)52-40-44-59(45-41-52)72(60-23-13-18-55(47-60)62-27-15-31-68-70(62)64-25-10-12-30-67(64)73-68)58-42-38-50(39-43-58)49-32-34-51(35-33-49)54-37-36-48-16-7-8-17-53(48)46-54;1-4-18-46(19-5-1)47-36-38-48(39-37-47)49-40-42-54(43-41-49)68(56-27-15-21-51(45-56)58-31-17-35-64-66(58)60-29-11-13-34-63(60)69-64)55-26-14-20-50(44-55)57-30-16-33-62-65(57)59-28-10-12-32-61(59)67(62,52-22-6-2-7-23-52)53-24-8-3-9-25-53/h1-47H;1-45H. The van der Waals surface area contributed by atoms with Crippen molar-refractivity contribution in [2.24, 2.45) is 0 Å². The highest BCUT2D eigenvalue weighted by molar-refractivity contribution is 6.14. The Balaban J connectivity index is 0.000000146. The van der Waals surface area contributed by atoms with Gasteiger partial charge in [0.1, 0.15) is 22.3 Å². The van der Waals surface area contributed by atoms with Crippen molar-refractivity contribution in [3.05, 3.63) is 603 Å². The van der Waals surface area contributed by atoms with Gasteiger partial charge in [-0.2, -0.15) is 0 Å². The lowest BCUT2D eigenvalue weighted by molar-refractivity contribution is 0.668. The van der Waals surface area contributed by atoms with Crippen molar-refractivity contribution >= 4 is 88.8 Å². The van der Waals surface area contributed by atoms with Crippen molar-refractivity contribution in [3.8, 4) is 111 Å². The van der Waals surface area contributed by atoms with Crippen LogP contribution < -0.4 is 9.80 Å². The summed E-state index contributed by atoms with van der Waals surface area (Å²) in [5.41, 5.74) is 43.1. The van der Waals surface area contributed by atoms with Gasteiger partial charge in [-0.3, -0.25) is 0 Å². The lowest BCUT2D eigenvalue weighted by atomic mass is 9.67. The highest BCUT2D eigenvalue weighted by atomic mass is 16.3. The van der Waals surface area contributed by atoms with Crippen LogP contribution in [0.5, 0.6) is 0 Å². The molecule has 2 aliphatic rings. The second kappa shape index (κ2) is 35.6. The Labute approximate surface area is 826 Å². The first kappa shape index (κ1) is 84.1. The minimum absolute atomic E-state index is 0.468. The van der Waals surface area contributed by atoms with Crippen molar-refractivity contribution in [1.82, 2.24) is 0 Å². The van der Waals surface area contributed by atoms with Crippen molar-refractivity contribution in [2.45, 2.75) is 10.8 Å². The summed E-state index contributed by atoms with van der Waals surface area (Å²) in [5.74, 6) is 0. The smallest absolute Gasteiger partial charge is 0.136 e. The number of hydrogen-bond acceptors (Lipinski definition) is 4. The molecule has 0 atom stereocenters. The van der Waals surface area contributed by atoms with Gasteiger partial charge in [-0.05, 0) is 270 Å². The van der Waals surface area contributed by atoms with Crippen molar-refractivity contribution < 1.29 is 8.83 Å². The molecule has 2 heterocycles. The Morgan fingerprint density at radius 1 is 0.148 bits per heavy atom. The van der Waals surface area contributed by atoms with E-state index >= 15 is 0 Å². The zero-order valence-electron chi connectivity index (χ0n) is 77.8. The fourth-order valence-corrected chi connectivity index (χ4v) is 22.9. The molecule has 0 saturated carbocycles. The average Bonchev–Trinajstić information content (AvgIpc) is 1.53. The van der Waals surface area contributed by atoms with Crippen LogP contribution in [0.2, 0.25) is 0 Å². The Kier molecular flexibility index (Phi) is 21.1. The molecule has 0 amide bonds. The van der Waals surface area contributed by atoms with E-state index in [9.17, 15) is 0 Å². The largest absolute Gasteiger partial charge is 0.456 e. The molecular weight excluding hydrogens is 1720 g/mol. The molecule has 0 aliphatic heterocycles. The van der Waals surface area contributed by atoms with E-state index in [1.54, 1.807) is 0 Å². The van der Waals surface area contributed by atoms with Crippen LogP contribution in [0.25, 0.3) is 166 Å². The first-order valence-electron chi connectivity index (χ1n) is 48.9. The van der Waals surface area contributed by atoms with Gasteiger partial charge in [0.05, 0.1) is 10.8 Å². The Bertz CT molecular complexity index is 8960. The first-order chi connectivity index (χ1) is 70.4. The number of furan rings is 2. The number of nitrogens with zero attached hydrogens (tertiary/aromatic N) is 2. The molecule has 0 saturated heterocycles. The number of fused-ring (bicyclic) bond motifs is 13. The van der Waals surface area contributed by atoms with E-state index in [1.807, 2.05) is 12.1 Å². The molecule has 0 bridgehead atoms. The monoisotopic (exact) mass is 1810 g/mol. The number of rotatable bonds is 18. The Morgan fingerprint density at radius 2 is 0.415 bits per heavy atom. The third-order valence-corrected chi connectivity index (χ3v) is 29.3. The molecule has 0 spiro atoms. The quantitative estimate of drug-likeness (QED) is 0.0857. The summed E-state index contributed by atoms with van der Waals surface area (Å²) >= 11 is 0. The molecule has 666 valence electrons. The zero-order valence-corrected chi connectivity index (χ0v) is 77.8. The summed E-state index contributed by atoms with van der Waals surface area (Å²) in [4.78, 5) is 4.78. The fourth-order valence-electron chi connectivity index (χ4n) is 22.9. The summed E-state index contributed by atoms with van der Waals surface area (Å²) in [5, 5.41) is 6.99. The van der Waals surface area contributed by atoms with E-state index < -0.39 is 10.8 Å². The van der Waals surface area contributed by atoms with Gasteiger partial charge >= 0.3 is 0 Å². The van der Waals surface area contributed by atoms with E-state index in [1.165, 1.54) is 128 Å². The van der Waals surface area contributed by atoms with Crippen LogP contribution >= 0.6 is 0 Å². The number of anilines is 6. The van der Waals surface area contributed by atoms with E-state index in [4.69, 9.17) is 8.83 Å². The lowest BCUT2D eigenvalue weighted by Crippen LogP contribution is -2.28. The molecular formula is C138H92N2O2. The van der Waals surface area contributed by atoms with Gasteiger partial charge in [-0.15, -0.1) is 0 Å². The maximum Gasteiger partial charge on any atom is 0.136 e. The Hall–Kier alpha value is -18.5. The number of para-hydroxylation sites is 2.